The van der Waals surface area contributed by atoms with Gasteiger partial charge in [0, 0.05) is 16.8 Å². The number of halogens is 2. The maximum absolute atomic E-state index is 12.2. The highest BCUT2D eigenvalue weighted by atomic mass is 79.9. The van der Waals surface area contributed by atoms with Crippen LogP contribution in [0.25, 0.3) is 0 Å². The molecule has 0 bridgehead atoms. The standard InChI is InChI=1S/C11H17Br2NO2S2/c1-8-9(6-10(13)17-8)18(15,16)14-7-11(2,3)4-5-12/h6,14H,4-5,7H2,1-3H3. The first-order chi connectivity index (χ1) is 8.18. The van der Waals surface area contributed by atoms with Gasteiger partial charge in [-0.3, -0.25) is 0 Å². The lowest BCUT2D eigenvalue weighted by Gasteiger charge is -2.23. The lowest BCUT2D eigenvalue weighted by atomic mass is 9.91. The van der Waals surface area contributed by atoms with Crippen molar-refractivity contribution in [3.63, 3.8) is 0 Å². The maximum atomic E-state index is 12.2. The quantitative estimate of drug-likeness (QED) is 0.711. The number of nitrogens with one attached hydrogen (secondary N) is 1. The van der Waals surface area contributed by atoms with Crippen molar-refractivity contribution in [2.45, 2.75) is 32.1 Å². The first-order valence-corrected chi connectivity index (χ1v) is 9.71. The van der Waals surface area contributed by atoms with Crippen LogP contribution in [-0.4, -0.2) is 20.3 Å². The van der Waals surface area contributed by atoms with Crippen molar-refractivity contribution in [3.8, 4) is 0 Å². The van der Waals surface area contributed by atoms with E-state index in [9.17, 15) is 8.42 Å². The van der Waals surface area contributed by atoms with Gasteiger partial charge in [-0.1, -0.05) is 29.8 Å². The van der Waals surface area contributed by atoms with E-state index in [-0.39, 0.29) is 5.41 Å². The molecule has 104 valence electrons. The van der Waals surface area contributed by atoms with Gasteiger partial charge in [0.1, 0.15) is 0 Å². The molecular weight excluding hydrogens is 402 g/mol. The molecule has 18 heavy (non-hydrogen) atoms. The fourth-order valence-corrected chi connectivity index (χ4v) is 6.14. The topological polar surface area (TPSA) is 46.2 Å². The van der Waals surface area contributed by atoms with Gasteiger partial charge in [0.05, 0.1) is 8.68 Å². The SMILES string of the molecule is Cc1sc(Br)cc1S(=O)(=O)NCC(C)(C)CCBr. The third kappa shape index (κ3) is 4.59. The molecule has 0 saturated heterocycles. The predicted octanol–water partition coefficient (Wildman–Crippen LogP) is 3.91. The minimum Gasteiger partial charge on any atom is -0.211 e. The van der Waals surface area contributed by atoms with Gasteiger partial charge >= 0.3 is 0 Å². The molecule has 0 unspecified atom stereocenters. The van der Waals surface area contributed by atoms with E-state index in [0.717, 1.165) is 20.4 Å². The monoisotopic (exact) mass is 417 g/mol. The van der Waals surface area contributed by atoms with Crippen LogP contribution in [0.2, 0.25) is 0 Å². The molecule has 0 atom stereocenters. The second kappa shape index (κ2) is 6.35. The number of rotatable bonds is 6. The Labute approximate surface area is 130 Å². The van der Waals surface area contributed by atoms with Crippen molar-refractivity contribution >= 4 is 53.2 Å². The molecule has 1 N–H and O–H groups in total. The molecule has 1 rings (SSSR count). The third-order valence-corrected chi connectivity index (χ3v) is 6.25. The molecule has 0 saturated carbocycles. The summed E-state index contributed by atoms with van der Waals surface area (Å²) >= 11 is 8.12. The zero-order valence-electron chi connectivity index (χ0n) is 10.6. The summed E-state index contributed by atoms with van der Waals surface area (Å²) in [5.74, 6) is 0. The van der Waals surface area contributed by atoms with Crippen molar-refractivity contribution in [2.75, 3.05) is 11.9 Å². The van der Waals surface area contributed by atoms with E-state index in [0.29, 0.717) is 11.4 Å². The number of hydrogen-bond acceptors (Lipinski definition) is 3. The summed E-state index contributed by atoms with van der Waals surface area (Å²) in [7, 11) is -3.41. The molecule has 1 aromatic rings. The highest BCUT2D eigenvalue weighted by Gasteiger charge is 2.24. The van der Waals surface area contributed by atoms with Crippen molar-refractivity contribution in [1.82, 2.24) is 4.72 Å². The van der Waals surface area contributed by atoms with Gasteiger partial charge in [-0.25, -0.2) is 13.1 Å². The van der Waals surface area contributed by atoms with Gasteiger partial charge in [0.25, 0.3) is 0 Å². The van der Waals surface area contributed by atoms with Gasteiger partial charge < -0.3 is 0 Å². The summed E-state index contributed by atoms with van der Waals surface area (Å²) in [5.41, 5.74) is -0.0578. The Hall–Kier alpha value is 0.570. The van der Waals surface area contributed by atoms with E-state index in [1.807, 2.05) is 20.8 Å². The van der Waals surface area contributed by atoms with Crippen LogP contribution >= 0.6 is 43.2 Å². The Balaban J connectivity index is 2.81. The van der Waals surface area contributed by atoms with Crippen molar-refractivity contribution in [1.29, 1.82) is 0 Å². The van der Waals surface area contributed by atoms with Crippen LogP contribution in [0, 0.1) is 12.3 Å². The molecule has 0 aliphatic heterocycles. The van der Waals surface area contributed by atoms with Crippen molar-refractivity contribution in [3.05, 3.63) is 14.7 Å². The molecule has 0 radical (unpaired) electrons. The molecule has 3 nitrogen and oxygen atoms in total. The third-order valence-electron chi connectivity index (χ3n) is 2.64. The number of aryl methyl sites for hydroxylation is 1. The number of thiophene rings is 1. The van der Waals surface area contributed by atoms with Gasteiger partial charge in [-0.05, 0) is 40.8 Å². The minimum atomic E-state index is -3.41. The smallest absolute Gasteiger partial charge is 0.211 e. The highest BCUT2D eigenvalue weighted by Crippen LogP contribution is 2.30. The Kier molecular flexibility index (Phi) is 5.86. The average molecular weight is 419 g/mol. The average Bonchev–Trinajstić information content (AvgIpc) is 2.56. The van der Waals surface area contributed by atoms with E-state index >= 15 is 0 Å². The molecule has 0 fully saturated rings. The molecule has 0 amide bonds. The van der Waals surface area contributed by atoms with E-state index < -0.39 is 10.0 Å². The van der Waals surface area contributed by atoms with Crippen LogP contribution in [-0.2, 0) is 10.0 Å². The van der Waals surface area contributed by atoms with E-state index in [1.54, 1.807) is 6.07 Å². The summed E-state index contributed by atoms with van der Waals surface area (Å²) in [4.78, 5) is 1.17. The fraction of sp³-hybridized carbons (Fsp3) is 0.636. The second-order valence-electron chi connectivity index (χ2n) is 4.90. The van der Waals surface area contributed by atoms with Crippen molar-refractivity contribution < 1.29 is 8.42 Å². The Morgan fingerprint density at radius 1 is 1.44 bits per heavy atom. The number of hydrogen-bond donors (Lipinski definition) is 1. The van der Waals surface area contributed by atoms with Crippen LogP contribution in [0.4, 0.5) is 0 Å². The van der Waals surface area contributed by atoms with Gasteiger partial charge in [0.2, 0.25) is 10.0 Å². The van der Waals surface area contributed by atoms with Crippen molar-refractivity contribution in [2.24, 2.45) is 5.41 Å². The Morgan fingerprint density at radius 2 is 2.06 bits per heavy atom. The first kappa shape index (κ1) is 16.6. The molecule has 0 spiro atoms. The summed E-state index contributed by atoms with van der Waals surface area (Å²) < 4.78 is 27.9. The zero-order valence-corrected chi connectivity index (χ0v) is 15.4. The summed E-state index contributed by atoms with van der Waals surface area (Å²) in [6, 6.07) is 1.65. The number of sulfonamides is 1. The molecule has 0 aliphatic rings. The van der Waals surface area contributed by atoms with Crippen LogP contribution in [0.15, 0.2) is 14.7 Å². The first-order valence-electron chi connectivity index (χ1n) is 5.49. The lowest BCUT2D eigenvalue weighted by Crippen LogP contribution is -2.34. The molecule has 7 heteroatoms. The molecule has 0 aliphatic carbocycles. The molecule has 1 aromatic heterocycles. The summed E-state index contributed by atoms with van der Waals surface area (Å²) in [6.07, 6.45) is 0.918. The molecule has 1 heterocycles. The van der Waals surface area contributed by atoms with E-state index in [4.69, 9.17) is 0 Å². The fourth-order valence-electron chi connectivity index (χ4n) is 1.41. The molecular formula is C11H17Br2NO2S2. The van der Waals surface area contributed by atoms with E-state index in [1.165, 1.54) is 11.3 Å². The van der Waals surface area contributed by atoms with Crippen LogP contribution in [0.1, 0.15) is 25.1 Å². The number of alkyl halides is 1. The zero-order chi connectivity index (χ0) is 14.0. The van der Waals surface area contributed by atoms with Crippen LogP contribution in [0.5, 0.6) is 0 Å². The van der Waals surface area contributed by atoms with Gasteiger partial charge in [0.15, 0.2) is 0 Å². The maximum Gasteiger partial charge on any atom is 0.241 e. The minimum absolute atomic E-state index is 0.0578. The lowest BCUT2D eigenvalue weighted by molar-refractivity contribution is 0.354. The second-order valence-corrected chi connectivity index (χ2v) is 10.1. The highest BCUT2D eigenvalue weighted by molar-refractivity contribution is 9.11. The van der Waals surface area contributed by atoms with Gasteiger partial charge in [-0.15, -0.1) is 11.3 Å². The van der Waals surface area contributed by atoms with Crippen LogP contribution < -0.4 is 4.72 Å². The predicted molar refractivity (Wildman–Crippen MR) is 84.1 cm³/mol. The Bertz CT molecular complexity index is 509. The summed E-state index contributed by atoms with van der Waals surface area (Å²) in [6.45, 7) is 6.35. The van der Waals surface area contributed by atoms with Gasteiger partial charge in [-0.2, -0.15) is 0 Å². The normalized spacial score (nSPS) is 12.9. The van der Waals surface area contributed by atoms with E-state index in [2.05, 4.69) is 36.6 Å². The largest absolute Gasteiger partial charge is 0.241 e. The molecule has 0 aromatic carbocycles. The Morgan fingerprint density at radius 3 is 2.50 bits per heavy atom. The van der Waals surface area contributed by atoms with Crippen LogP contribution in [0.3, 0.4) is 0 Å². The summed E-state index contributed by atoms with van der Waals surface area (Å²) in [5, 5.41) is 0.866.